The Bertz CT molecular complexity index is 889. The Hall–Kier alpha value is -1.75. The van der Waals surface area contributed by atoms with Gasteiger partial charge in [-0.1, -0.05) is 66.8 Å². The normalized spacial score (nSPS) is 12.9. The van der Waals surface area contributed by atoms with Gasteiger partial charge in [0.05, 0.1) is 16.5 Å². The van der Waals surface area contributed by atoms with Gasteiger partial charge in [-0.2, -0.15) is 0 Å². The molecule has 0 aromatic heterocycles. The van der Waals surface area contributed by atoms with E-state index in [1.165, 1.54) is 0 Å². The van der Waals surface area contributed by atoms with E-state index in [9.17, 15) is 9.59 Å². The van der Waals surface area contributed by atoms with E-state index in [0.29, 0.717) is 21.5 Å². The largest absolute Gasteiger partial charge is 0.352 e. The maximum Gasteiger partial charge on any atom is 0.243 e. The van der Waals surface area contributed by atoms with Crippen LogP contribution in [0.2, 0.25) is 15.1 Å². The Morgan fingerprint density at radius 3 is 2.30 bits per heavy atom. The Kier molecular flexibility index (Phi) is 9.47. The van der Waals surface area contributed by atoms with Gasteiger partial charge in [0.2, 0.25) is 11.8 Å². The molecule has 1 N–H and O–H groups in total. The minimum atomic E-state index is -0.597. The fourth-order valence-corrected chi connectivity index (χ4v) is 3.65. The summed E-state index contributed by atoms with van der Waals surface area (Å²) in [6.45, 7) is 6.10. The van der Waals surface area contributed by atoms with Crippen LogP contribution >= 0.6 is 34.8 Å². The second-order valence-corrected chi connectivity index (χ2v) is 8.57. The first-order valence-electron chi connectivity index (χ1n) is 10.0. The molecule has 0 spiro atoms. The number of carbonyl (C=O) groups excluding carboxylic acids is 2. The molecule has 2 rings (SSSR count). The van der Waals surface area contributed by atoms with Crippen LogP contribution in [0.5, 0.6) is 0 Å². The fourth-order valence-electron chi connectivity index (χ4n) is 3.12. The lowest BCUT2D eigenvalue weighted by atomic mass is 10.1. The molecule has 2 aromatic carbocycles. The summed E-state index contributed by atoms with van der Waals surface area (Å²) in [6.07, 6.45) is 1.45. The van der Waals surface area contributed by atoms with Gasteiger partial charge >= 0.3 is 0 Å². The third-order valence-corrected chi connectivity index (χ3v) is 5.94. The van der Waals surface area contributed by atoms with Crippen LogP contribution in [0.1, 0.15) is 44.7 Å². The summed E-state index contributed by atoms with van der Waals surface area (Å²) in [5.41, 5.74) is 1.60. The number of hydrogen-bond acceptors (Lipinski definition) is 2. The summed E-state index contributed by atoms with van der Waals surface area (Å²) in [7, 11) is 0. The zero-order chi connectivity index (χ0) is 22.3. The third-order valence-electron chi connectivity index (χ3n) is 4.97. The van der Waals surface area contributed by atoms with Gasteiger partial charge < -0.3 is 10.2 Å². The number of hydrogen-bond donors (Lipinski definition) is 1. The topological polar surface area (TPSA) is 49.4 Å². The molecule has 0 radical (unpaired) electrons. The first-order chi connectivity index (χ1) is 14.2. The van der Waals surface area contributed by atoms with Gasteiger partial charge in [-0.3, -0.25) is 9.59 Å². The van der Waals surface area contributed by atoms with Gasteiger partial charge in [-0.05, 0) is 55.2 Å². The van der Waals surface area contributed by atoms with Crippen LogP contribution in [0, 0.1) is 0 Å². The predicted octanol–water partition coefficient (Wildman–Crippen LogP) is 5.91. The van der Waals surface area contributed by atoms with Gasteiger partial charge in [0.25, 0.3) is 0 Å². The van der Waals surface area contributed by atoms with Crippen molar-refractivity contribution in [2.45, 2.75) is 58.7 Å². The number of benzene rings is 2. The lowest BCUT2D eigenvalue weighted by Gasteiger charge is -2.31. The number of nitrogens with one attached hydrogen (secondary N) is 1. The Morgan fingerprint density at radius 1 is 0.967 bits per heavy atom. The number of halogens is 3. The van der Waals surface area contributed by atoms with Crippen LogP contribution in [-0.4, -0.2) is 28.8 Å². The Balaban J connectivity index is 2.32. The van der Waals surface area contributed by atoms with Crippen molar-refractivity contribution >= 4 is 46.6 Å². The second-order valence-electron chi connectivity index (χ2n) is 7.32. The van der Waals surface area contributed by atoms with Crippen molar-refractivity contribution in [2.75, 3.05) is 0 Å². The van der Waals surface area contributed by atoms with E-state index >= 15 is 0 Å². The van der Waals surface area contributed by atoms with Crippen LogP contribution in [0.3, 0.4) is 0 Å². The molecule has 0 bridgehead atoms. The van der Waals surface area contributed by atoms with Gasteiger partial charge in [-0.15, -0.1) is 0 Å². The van der Waals surface area contributed by atoms with Crippen molar-refractivity contribution in [2.24, 2.45) is 0 Å². The molecule has 0 saturated heterocycles. The maximum absolute atomic E-state index is 13.3. The molecule has 2 amide bonds. The number of carbonyl (C=O) groups is 2. The number of nitrogens with zero attached hydrogens (tertiary/aromatic N) is 1. The van der Waals surface area contributed by atoms with E-state index in [2.05, 4.69) is 5.32 Å². The minimum Gasteiger partial charge on any atom is -0.352 e. The SMILES string of the molecule is CC[C@H](C)NC(=O)[C@H](CC)N(Cc1ccc(Cl)c(Cl)c1)C(=O)Cc1cccc(Cl)c1. The molecule has 0 fully saturated rings. The van der Waals surface area contributed by atoms with E-state index < -0.39 is 6.04 Å². The van der Waals surface area contributed by atoms with E-state index in [0.717, 1.165) is 17.5 Å². The van der Waals surface area contributed by atoms with E-state index in [-0.39, 0.29) is 30.8 Å². The average molecular weight is 470 g/mol. The first-order valence-corrected chi connectivity index (χ1v) is 11.2. The molecule has 2 atom stereocenters. The molecule has 0 saturated carbocycles. The molecule has 7 heteroatoms. The quantitative estimate of drug-likeness (QED) is 0.496. The van der Waals surface area contributed by atoms with E-state index in [4.69, 9.17) is 34.8 Å². The van der Waals surface area contributed by atoms with E-state index in [1.807, 2.05) is 32.9 Å². The fraction of sp³-hybridized carbons (Fsp3) is 0.391. The van der Waals surface area contributed by atoms with E-state index in [1.54, 1.807) is 35.2 Å². The molecule has 0 aliphatic rings. The van der Waals surface area contributed by atoms with Gasteiger partial charge in [-0.25, -0.2) is 0 Å². The van der Waals surface area contributed by atoms with Crippen molar-refractivity contribution in [3.63, 3.8) is 0 Å². The van der Waals surface area contributed by atoms with Crippen LogP contribution in [0.25, 0.3) is 0 Å². The first kappa shape index (κ1) is 24.5. The molecular weight excluding hydrogens is 443 g/mol. The summed E-state index contributed by atoms with van der Waals surface area (Å²) < 4.78 is 0. The molecule has 0 aliphatic heterocycles. The second kappa shape index (κ2) is 11.6. The summed E-state index contributed by atoms with van der Waals surface area (Å²) in [6, 6.07) is 11.8. The summed E-state index contributed by atoms with van der Waals surface area (Å²) >= 11 is 18.3. The summed E-state index contributed by atoms with van der Waals surface area (Å²) in [5, 5.41) is 4.42. The maximum atomic E-state index is 13.3. The molecule has 162 valence electrons. The average Bonchev–Trinajstić information content (AvgIpc) is 2.70. The molecule has 0 aliphatic carbocycles. The molecular formula is C23H27Cl3N2O2. The lowest BCUT2D eigenvalue weighted by Crippen LogP contribution is -2.51. The van der Waals surface area contributed by atoms with Gasteiger partial charge in [0.15, 0.2) is 0 Å². The smallest absolute Gasteiger partial charge is 0.243 e. The number of amides is 2. The summed E-state index contributed by atoms with van der Waals surface area (Å²) in [4.78, 5) is 27.8. The molecule has 2 aromatic rings. The molecule has 30 heavy (non-hydrogen) atoms. The highest BCUT2D eigenvalue weighted by Gasteiger charge is 2.29. The molecule has 4 nitrogen and oxygen atoms in total. The summed E-state index contributed by atoms with van der Waals surface area (Å²) in [5.74, 6) is -0.319. The van der Waals surface area contributed by atoms with Gasteiger partial charge in [0, 0.05) is 17.6 Å². The number of rotatable bonds is 9. The standard InChI is InChI=1S/C23H27Cl3N2O2/c1-4-15(3)27-23(30)21(5-2)28(14-17-9-10-19(25)20(26)12-17)22(29)13-16-7-6-8-18(24)11-16/h6-12,15,21H,4-5,13-14H2,1-3H3,(H,27,30)/t15-,21-/m0/s1. The monoisotopic (exact) mass is 468 g/mol. The third kappa shape index (κ3) is 6.90. The highest BCUT2D eigenvalue weighted by atomic mass is 35.5. The zero-order valence-corrected chi connectivity index (χ0v) is 19.7. The van der Waals surface area contributed by atoms with Crippen LogP contribution in [0.4, 0.5) is 0 Å². The minimum absolute atomic E-state index is 0.0291. The Labute approximate surface area is 193 Å². The van der Waals surface area contributed by atoms with Crippen molar-refractivity contribution in [3.05, 3.63) is 68.7 Å². The van der Waals surface area contributed by atoms with Crippen molar-refractivity contribution in [3.8, 4) is 0 Å². The van der Waals surface area contributed by atoms with Crippen LogP contribution in [0.15, 0.2) is 42.5 Å². The van der Waals surface area contributed by atoms with Crippen LogP contribution in [-0.2, 0) is 22.6 Å². The predicted molar refractivity (Wildman–Crippen MR) is 124 cm³/mol. The van der Waals surface area contributed by atoms with Gasteiger partial charge in [0.1, 0.15) is 6.04 Å². The van der Waals surface area contributed by atoms with Crippen molar-refractivity contribution < 1.29 is 9.59 Å². The Morgan fingerprint density at radius 2 is 1.70 bits per heavy atom. The molecule has 0 heterocycles. The van der Waals surface area contributed by atoms with Crippen molar-refractivity contribution in [1.29, 1.82) is 0 Å². The highest BCUT2D eigenvalue weighted by molar-refractivity contribution is 6.42. The lowest BCUT2D eigenvalue weighted by molar-refractivity contribution is -0.141. The zero-order valence-electron chi connectivity index (χ0n) is 17.4. The molecule has 0 unspecified atom stereocenters. The van der Waals surface area contributed by atoms with Crippen LogP contribution < -0.4 is 5.32 Å². The highest BCUT2D eigenvalue weighted by Crippen LogP contribution is 2.24. The van der Waals surface area contributed by atoms with Crippen molar-refractivity contribution in [1.82, 2.24) is 10.2 Å².